The number of nitrogens with zero attached hydrogens (tertiary/aromatic N) is 1. The van der Waals surface area contributed by atoms with E-state index in [1.165, 1.54) is 0 Å². The van der Waals surface area contributed by atoms with Gasteiger partial charge in [-0.15, -0.1) is 0 Å². The van der Waals surface area contributed by atoms with Gasteiger partial charge in [0.05, 0.1) is 6.61 Å². The largest absolute Gasteiger partial charge is 0.479 e. The van der Waals surface area contributed by atoms with E-state index < -0.39 is 35.2 Å². The number of benzene rings is 2. The summed E-state index contributed by atoms with van der Waals surface area (Å²) in [6, 6.07) is 18.3. The predicted octanol–water partition coefficient (Wildman–Crippen LogP) is 3.99. The fourth-order valence-corrected chi connectivity index (χ4v) is 5.09. The summed E-state index contributed by atoms with van der Waals surface area (Å²) in [5, 5.41) is 13.3. The maximum absolute atomic E-state index is 14.0. The van der Waals surface area contributed by atoms with Crippen LogP contribution in [0.5, 0.6) is 0 Å². The monoisotopic (exact) mass is 581 g/mol. The third kappa shape index (κ3) is 9.39. The summed E-state index contributed by atoms with van der Waals surface area (Å²) in [7, 11) is 0. The van der Waals surface area contributed by atoms with Gasteiger partial charge in [-0.25, -0.2) is 15.1 Å². The van der Waals surface area contributed by atoms with Crippen LogP contribution < -0.4 is 10.8 Å². The maximum Gasteiger partial charge on any atom is 0.345 e. The van der Waals surface area contributed by atoms with E-state index in [0.29, 0.717) is 24.9 Å². The van der Waals surface area contributed by atoms with Gasteiger partial charge in [0.25, 0.3) is 5.54 Å². The Kier molecular flexibility index (Phi) is 13.5. The molecule has 0 radical (unpaired) electrons. The number of carboxylic acids is 1. The van der Waals surface area contributed by atoms with Gasteiger partial charge in [-0.3, -0.25) is 14.4 Å². The van der Waals surface area contributed by atoms with Gasteiger partial charge >= 0.3 is 11.9 Å². The molecule has 3 N–H and O–H groups in total. The average Bonchev–Trinajstić information content (AvgIpc) is 3.01. The van der Waals surface area contributed by atoms with Crippen molar-refractivity contribution >= 4 is 23.8 Å². The third-order valence-corrected chi connectivity index (χ3v) is 7.48. The predicted molar refractivity (Wildman–Crippen MR) is 157 cm³/mol. The molecule has 0 unspecified atom stereocenters. The Morgan fingerprint density at radius 3 is 2.19 bits per heavy atom. The summed E-state index contributed by atoms with van der Waals surface area (Å²) in [5.74, 6) is -4.36. The third-order valence-electron chi connectivity index (χ3n) is 7.48. The SMILES string of the molecule is CCCCCCCC[C@H](CC(=O)NOCc1ccccc1)C(=O)N1CCNC[C@]1(C(=O)O)C(=O)OCc1ccccc1. The number of hydroxylamine groups is 1. The quantitative estimate of drug-likeness (QED) is 0.111. The van der Waals surface area contributed by atoms with Gasteiger partial charge in [-0.05, 0) is 17.5 Å². The highest BCUT2D eigenvalue weighted by molar-refractivity contribution is 6.08. The van der Waals surface area contributed by atoms with E-state index in [9.17, 15) is 24.3 Å². The number of hydrogen-bond donors (Lipinski definition) is 3. The smallest absolute Gasteiger partial charge is 0.345 e. The molecule has 2 aromatic carbocycles. The highest BCUT2D eigenvalue weighted by Crippen LogP contribution is 2.27. The number of aliphatic carboxylic acids is 1. The van der Waals surface area contributed by atoms with Crippen LogP contribution >= 0.6 is 0 Å². The lowest BCUT2D eigenvalue weighted by atomic mass is 9.89. The second-order valence-electron chi connectivity index (χ2n) is 10.7. The van der Waals surface area contributed by atoms with Gasteiger partial charge in [0.15, 0.2) is 0 Å². The Morgan fingerprint density at radius 1 is 0.929 bits per heavy atom. The number of carboxylic acid groups (broad SMARTS) is 1. The number of carbonyl (C=O) groups is 4. The van der Waals surface area contributed by atoms with Crippen LogP contribution in [0, 0.1) is 5.92 Å². The van der Waals surface area contributed by atoms with Crippen LogP contribution in [0.4, 0.5) is 0 Å². The Labute approximate surface area is 247 Å². The van der Waals surface area contributed by atoms with Crippen molar-refractivity contribution in [2.45, 2.75) is 77.0 Å². The van der Waals surface area contributed by atoms with Gasteiger partial charge in [0.2, 0.25) is 11.8 Å². The first kappa shape index (κ1) is 32.8. The van der Waals surface area contributed by atoms with Gasteiger partial charge in [-0.2, -0.15) is 0 Å². The number of amides is 2. The summed E-state index contributed by atoms with van der Waals surface area (Å²) >= 11 is 0. The highest BCUT2D eigenvalue weighted by atomic mass is 16.6. The molecule has 0 bridgehead atoms. The van der Waals surface area contributed by atoms with Gasteiger partial charge in [-0.1, -0.05) is 106 Å². The molecule has 42 heavy (non-hydrogen) atoms. The zero-order chi connectivity index (χ0) is 30.2. The molecule has 0 saturated carbocycles. The Hall–Kier alpha value is -3.76. The van der Waals surface area contributed by atoms with E-state index in [2.05, 4.69) is 17.7 Å². The molecule has 2 aromatic rings. The number of nitrogens with one attached hydrogen (secondary N) is 2. The van der Waals surface area contributed by atoms with Crippen molar-refractivity contribution < 1.29 is 33.9 Å². The summed E-state index contributed by atoms with van der Waals surface area (Å²) in [4.78, 5) is 59.4. The molecule has 1 saturated heterocycles. The molecule has 1 fully saturated rings. The fraction of sp³-hybridized carbons (Fsp3) is 0.500. The molecule has 1 aliphatic rings. The minimum atomic E-state index is -2.25. The van der Waals surface area contributed by atoms with Crippen LogP contribution in [0.3, 0.4) is 0 Å². The lowest BCUT2D eigenvalue weighted by Crippen LogP contribution is -2.71. The minimum Gasteiger partial charge on any atom is -0.479 e. The molecule has 2 atom stereocenters. The van der Waals surface area contributed by atoms with Gasteiger partial charge in [0, 0.05) is 32.0 Å². The van der Waals surface area contributed by atoms with E-state index in [1.807, 2.05) is 36.4 Å². The van der Waals surface area contributed by atoms with E-state index >= 15 is 0 Å². The molecule has 2 amide bonds. The number of carbonyl (C=O) groups excluding carboxylic acids is 3. The van der Waals surface area contributed by atoms with E-state index in [4.69, 9.17) is 9.57 Å². The molecular formula is C32H43N3O7. The van der Waals surface area contributed by atoms with Crippen molar-refractivity contribution in [3.05, 3.63) is 71.8 Å². The first-order chi connectivity index (χ1) is 20.4. The molecule has 1 heterocycles. The van der Waals surface area contributed by atoms with Crippen molar-refractivity contribution in [2.24, 2.45) is 5.92 Å². The van der Waals surface area contributed by atoms with Gasteiger partial charge < -0.3 is 20.1 Å². The fourth-order valence-electron chi connectivity index (χ4n) is 5.09. The highest BCUT2D eigenvalue weighted by Gasteiger charge is 2.57. The molecule has 0 aliphatic carbocycles. The van der Waals surface area contributed by atoms with Crippen LogP contribution in [0.15, 0.2) is 60.7 Å². The summed E-state index contributed by atoms with van der Waals surface area (Å²) in [5.41, 5.74) is 1.74. The van der Waals surface area contributed by atoms with Crippen molar-refractivity contribution in [3.8, 4) is 0 Å². The molecule has 0 spiro atoms. The number of ether oxygens (including phenoxy) is 1. The summed E-state index contributed by atoms with van der Waals surface area (Å²) in [6.45, 7) is 2.18. The molecule has 1 aliphatic heterocycles. The zero-order valence-corrected chi connectivity index (χ0v) is 24.4. The maximum atomic E-state index is 14.0. The molecular weight excluding hydrogens is 538 g/mol. The molecule has 3 rings (SSSR count). The molecule has 10 nitrogen and oxygen atoms in total. The van der Waals surface area contributed by atoms with Crippen molar-refractivity contribution in [1.29, 1.82) is 0 Å². The molecule has 10 heteroatoms. The second kappa shape index (κ2) is 17.3. The zero-order valence-electron chi connectivity index (χ0n) is 24.4. The first-order valence-corrected chi connectivity index (χ1v) is 14.8. The molecule has 228 valence electrons. The summed E-state index contributed by atoms with van der Waals surface area (Å²) < 4.78 is 5.45. The van der Waals surface area contributed by atoms with Crippen LogP contribution in [0.1, 0.15) is 69.4 Å². The number of rotatable bonds is 17. The van der Waals surface area contributed by atoms with Crippen LogP contribution in [-0.2, 0) is 42.0 Å². The van der Waals surface area contributed by atoms with Crippen LogP contribution in [-0.4, -0.2) is 58.9 Å². The van der Waals surface area contributed by atoms with E-state index in [0.717, 1.165) is 42.6 Å². The Bertz CT molecular complexity index is 1150. The number of piperazine rings is 1. The number of esters is 1. The lowest BCUT2D eigenvalue weighted by Gasteiger charge is -2.43. The Balaban J connectivity index is 1.73. The molecule has 0 aromatic heterocycles. The second-order valence-corrected chi connectivity index (χ2v) is 10.7. The topological polar surface area (TPSA) is 134 Å². The van der Waals surface area contributed by atoms with Crippen molar-refractivity contribution in [2.75, 3.05) is 19.6 Å². The number of unbranched alkanes of at least 4 members (excludes halogenated alkanes) is 5. The number of hydrogen-bond acceptors (Lipinski definition) is 7. The standard InChI is InChI=1S/C32H43N3O7/c1-2-3-4-5-6-13-18-27(21-28(36)34-42-23-26-16-11-8-12-17-26)29(37)35-20-19-33-24-32(35,30(38)39)31(40)41-22-25-14-9-7-10-15-25/h7-12,14-17,27,33H,2-6,13,18-24H2,1H3,(H,34,36)(H,38,39)/t27-,32+/m1/s1. The van der Waals surface area contributed by atoms with Crippen LogP contribution in [0.25, 0.3) is 0 Å². The Morgan fingerprint density at radius 2 is 1.55 bits per heavy atom. The minimum absolute atomic E-state index is 0.00923. The van der Waals surface area contributed by atoms with Crippen molar-refractivity contribution in [3.63, 3.8) is 0 Å². The van der Waals surface area contributed by atoms with E-state index in [1.54, 1.807) is 24.3 Å². The summed E-state index contributed by atoms with van der Waals surface area (Å²) in [6.07, 6.45) is 6.14. The van der Waals surface area contributed by atoms with Crippen molar-refractivity contribution in [1.82, 2.24) is 15.7 Å². The van der Waals surface area contributed by atoms with E-state index in [-0.39, 0.29) is 32.7 Å². The normalized spacial score (nSPS) is 17.3. The van der Waals surface area contributed by atoms with Gasteiger partial charge in [0.1, 0.15) is 6.61 Å². The lowest BCUT2D eigenvalue weighted by molar-refractivity contribution is -0.180. The average molecular weight is 582 g/mol. The van der Waals surface area contributed by atoms with Crippen LogP contribution in [0.2, 0.25) is 0 Å². The first-order valence-electron chi connectivity index (χ1n) is 14.8.